The van der Waals surface area contributed by atoms with Gasteiger partial charge in [-0.15, -0.1) is 0 Å². The summed E-state index contributed by atoms with van der Waals surface area (Å²) in [6.45, 7) is 0. The van der Waals surface area contributed by atoms with Crippen molar-refractivity contribution >= 4 is 0 Å². The van der Waals surface area contributed by atoms with E-state index in [1.165, 1.54) is 19.3 Å². The molecule has 0 bridgehead atoms. The highest BCUT2D eigenvalue weighted by Gasteiger charge is 2.43. The van der Waals surface area contributed by atoms with Gasteiger partial charge in [-0.05, 0) is 31.6 Å². The van der Waals surface area contributed by atoms with Crippen molar-refractivity contribution in [3.05, 3.63) is 10.1 Å². The van der Waals surface area contributed by atoms with Gasteiger partial charge in [0.05, 0.1) is 12.0 Å². The zero-order valence-electron chi connectivity index (χ0n) is 9.68. The third-order valence-electron chi connectivity index (χ3n) is 4.37. The average Bonchev–Trinajstić information content (AvgIpc) is 2.78. The van der Waals surface area contributed by atoms with Crippen LogP contribution >= 0.6 is 0 Å². The van der Waals surface area contributed by atoms with Crippen LogP contribution in [0.15, 0.2) is 0 Å². The van der Waals surface area contributed by atoms with Gasteiger partial charge in [0, 0.05) is 11.3 Å². The number of hydrogen-bond donors (Lipinski definition) is 1. The summed E-state index contributed by atoms with van der Waals surface area (Å²) in [7, 11) is 0. The van der Waals surface area contributed by atoms with Crippen LogP contribution in [0.2, 0.25) is 0 Å². The van der Waals surface area contributed by atoms with E-state index < -0.39 is 12.1 Å². The minimum atomic E-state index is -0.489. The molecule has 4 heteroatoms. The van der Waals surface area contributed by atoms with Gasteiger partial charge in [0.15, 0.2) is 0 Å². The first-order valence-electron chi connectivity index (χ1n) is 6.51. The molecule has 0 aromatic carbocycles. The van der Waals surface area contributed by atoms with E-state index >= 15 is 0 Å². The summed E-state index contributed by atoms with van der Waals surface area (Å²) < 4.78 is 0. The summed E-state index contributed by atoms with van der Waals surface area (Å²) in [6, 6.07) is -0.489. The lowest BCUT2D eigenvalue weighted by Crippen LogP contribution is -2.38. The van der Waals surface area contributed by atoms with Crippen molar-refractivity contribution in [3.63, 3.8) is 0 Å². The van der Waals surface area contributed by atoms with E-state index in [0.29, 0.717) is 12.3 Å². The van der Waals surface area contributed by atoms with Crippen molar-refractivity contribution in [2.45, 2.75) is 63.5 Å². The predicted molar refractivity (Wildman–Crippen MR) is 60.7 cm³/mol. The molecule has 0 saturated heterocycles. The Morgan fingerprint density at radius 1 is 1.06 bits per heavy atom. The number of rotatable bonds is 3. The molecule has 0 spiro atoms. The molecule has 3 unspecified atom stereocenters. The summed E-state index contributed by atoms with van der Waals surface area (Å²) in [6.07, 6.45) is 7.69. The van der Waals surface area contributed by atoms with Crippen LogP contribution in [0.25, 0.3) is 0 Å². The maximum atomic E-state index is 10.9. The molecule has 2 aliphatic carbocycles. The average molecular weight is 227 g/mol. The standard InChI is InChI=1S/C12H21NO3/c14-12(9-5-2-1-3-6-9)10-7-4-8-11(10)13(15)16/h9-12,14H,1-8H2. The fourth-order valence-electron chi connectivity index (χ4n) is 3.45. The molecule has 4 nitrogen and oxygen atoms in total. The van der Waals surface area contributed by atoms with Crippen LogP contribution in [0.5, 0.6) is 0 Å². The van der Waals surface area contributed by atoms with E-state index in [0.717, 1.165) is 25.7 Å². The molecule has 0 radical (unpaired) electrons. The van der Waals surface area contributed by atoms with Gasteiger partial charge >= 0.3 is 0 Å². The van der Waals surface area contributed by atoms with Crippen LogP contribution in [0.4, 0.5) is 0 Å². The molecule has 0 aromatic rings. The molecule has 92 valence electrons. The van der Waals surface area contributed by atoms with Gasteiger partial charge in [0.25, 0.3) is 0 Å². The van der Waals surface area contributed by atoms with Gasteiger partial charge in [-0.1, -0.05) is 19.3 Å². The highest BCUT2D eigenvalue weighted by Crippen LogP contribution is 2.37. The second kappa shape index (κ2) is 5.13. The molecular weight excluding hydrogens is 206 g/mol. The molecule has 2 aliphatic rings. The zero-order valence-corrected chi connectivity index (χ0v) is 9.68. The van der Waals surface area contributed by atoms with Crippen LogP contribution in [-0.4, -0.2) is 22.2 Å². The highest BCUT2D eigenvalue weighted by molar-refractivity contribution is 4.87. The summed E-state index contributed by atoms with van der Waals surface area (Å²) in [4.78, 5) is 10.7. The fourth-order valence-corrected chi connectivity index (χ4v) is 3.45. The lowest BCUT2D eigenvalue weighted by atomic mass is 9.79. The molecule has 2 fully saturated rings. The summed E-state index contributed by atoms with van der Waals surface area (Å²) in [5, 5.41) is 21.2. The minimum absolute atomic E-state index is 0.0851. The fraction of sp³-hybridized carbons (Fsp3) is 1.00. The van der Waals surface area contributed by atoms with Crippen molar-refractivity contribution in [3.8, 4) is 0 Å². The highest BCUT2D eigenvalue weighted by atomic mass is 16.6. The second-order valence-corrected chi connectivity index (χ2v) is 5.34. The SMILES string of the molecule is O=[N+]([O-])C1CCCC1C(O)C1CCCCC1. The Balaban J connectivity index is 1.96. The lowest BCUT2D eigenvalue weighted by Gasteiger charge is -2.30. The van der Waals surface area contributed by atoms with E-state index in [9.17, 15) is 15.2 Å². The monoisotopic (exact) mass is 227 g/mol. The van der Waals surface area contributed by atoms with Gasteiger partial charge in [-0.3, -0.25) is 10.1 Å². The number of aliphatic hydroxyl groups excluding tert-OH is 1. The van der Waals surface area contributed by atoms with Gasteiger partial charge in [0.1, 0.15) is 0 Å². The van der Waals surface area contributed by atoms with Gasteiger partial charge in [0.2, 0.25) is 6.04 Å². The zero-order chi connectivity index (χ0) is 11.5. The molecule has 3 atom stereocenters. The number of aliphatic hydroxyl groups is 1. The number of nitrogens with zero attached hydrogens (tertiary/aromatic N) is 1. The van der Waals surface area contributed by atoms with E-state index in [1.54, 1.807) is 0 Å². The van der Waals surface area contributed by atoms with E-state index in [4.69, 9.17) is 0 Å². The van der Waals surface area contributed by atoms with Crippen LogP contribution < -0.4 is 0 Å². The normalized spacial score (nSPS) is 33.8. The molecule has 0 aromatic heterocycles. The van der Waals surface area contributed by atoms with Crippen LogP contribution in [-0.2, 0) is 0 Å². The molecule has 16 heavy (non-hydrogen) atoms. The number of hydrogen-bond acceptors (Lipinski definition) is 3. The van der Waals surface area contributed by atoms with Crippen molar-refractivity contribution < 1.29 is 10.0 Å². The van der Waals surface area contributed by atoms with E-state index in [-0.39, 0.29) is 10.8 Å². The Labute approximate surface area is 96.2 Å². The Morgan fingerprint density at radius 3 is 2.38 bits per heavy atom. The summed E-state index contributed by atoms with van der Waals surface area (Å²) in [5.41, 5.74) is 0. The van der Waals surface area contributed by atoms with Crippen molar-refractivity contribution in [2.75, 3.05) is 0 Å². The van der Waals surface area contributed by atoms with Gasteiger partial charge in [-0.2, -0.15) is 0 Å². The van der Waals surface area contributed by atoms with Crippen LogP contribution in [0.1, 0.15) is 51.4 Å². The topological polar surface area (TPSA) is 63.4 Å². The first-order valence-corrected chi connectivity index (χ1v) is 6.51. The molecule has 2 saturated carbocycles. The maximum absolute atomic E-state index is 10.9. The summed E-state index contributed by atoms with van der Waals surface area (Å²) >= 11 is 0. The third-order valence-corrected chi connectivity index (χ3v) is 4.37. The van der Waals surface area contributed by atoms with E-state index in [2.05, 4.69) is 0 Å². The smallest absolute Gasteiger partial charge is 0.218 e. The third kappa shape index (κ3) is 2.37. The maximum Gasteiger partial charge on any atom is 0.218 e. The first kappa shape index (κ1) is 11.8. The Hall–Kier alpha value is -0.640. The van der Waals surface area contributed by atoms with Gasteiger partial charge in [-0.25, -0.2) is 0 Å². The van der Waals surface area contributed by atoms with E-state index in [1.807, 2.05) is 0 Å². The molecule has 0 heterocycles. The summed E-state index contributed by atoms with van der Waals surface area (Å²) in [5.74, 6) is 0.234. The van der Waals surface area contributed by atoms with Crippen LogP contribution in [0, 0.1) is 22.0 Å². The van der Waals surface area contributed by atoms with Crippen molar-refractivity contribution in [1.29, 1.82) is 0 Å². The Kier molecular flexibility index (Phi) is 3.79. The quantitative estimate of drug-likeness (QED) is 0.594. The largest absolute Gasteiger partial charge is 0.392 e. The van der Waals surface area contributed by atoms with Gasteiger partial charge < -0.3 is 5.11 Å². The minimum Gasteiger partial charge on any atom is -0.392 e. The first-order chi connectivity index (χ1) is 7.70. The van der Waals surface area contributed by atoms with Crippen molar-refractivity contribution in [2.24, 2.45) is 11.8 Å². The predicted octanol–water partition coefficient (Wildman–Crippen LogP) is 2.37. The second-order valence-electron chi connectivity index (χ2n) is 5.34. The number of nitro groups is 1. The van der Waals surface area contributed by atoms with Crippen LogP contribution in [0.3, 0.4) is 0 Å². The lowest BCUT2D eigenvalue weighted by molar-refractivity contribution is -0.531. The molecule has 1 N–H and O–H groups in total. The van der Waals surface area contributed by atoms with Crippen molar-refractivity contribution in [1.82, 2.24) is 0 Å². The molecule has 0 aliphatic heterocycles. The Morgan fingerprint density at radius 2 is 1.75 bits per heavy atom. The Bertz CT molecular complexity index is 251. The molecular formula is C12H21NO3. The molecule has 0 amide bonds. The molecule has 2 rings (SSSR count).